The summed E-state index contributed by atoms with van der Waals surface area (Å²) in [4.78, 5) is 27.8. The molecule has 0 heterocycles. The molecule has 9 heteroatoms. The summed E-state index contributed by atoms with van der Waals surface area (Å²) in [5, 5.41) is 0.457. The quantitative estimate of drug-likeness (QED) is 0.307. The van der Waals surface area contributed by atoms with E-state index < -0.39 is 29.8 Å². The van der Waals surface area contributed by atoms with E-state index in [0.29, 0.717) is 41.3 Å². The van der Waals surface area contributed by atoms with Gasteiger partial charge in [-0.3, -0.25) is 4.79 Å². The molecule has 0 saturated carbocycles. The molecule has 6 nitrogen and oxygen atoms in total. The number of carbonyl (C=O) groups excluding carboxylic acids is 2. The predicted molar refractivity (Wildman–Crippen MR) is 130 cm³/mol. The van der Waals surface area contributed by atoms with E-state index in [1.54, 1.807) is 19.1 Å². The summed E-state index contributed by atoms with van der Waals surface area (Å²) in [6.45, 7) is 2.87. The molecule has 2 aromatic rings. The monoisotopic (exact) mass is 500 g/mol. The minimum absolute atomic E-state index is 0.0292. The zero-order valence-electron chi connectivity index (χ0n) is 21.4. The van der Waals surface area contributed by atoms with Crippen LogP contribution in [0.15, 0.2) is 48.5 Å². The fraction of sp³-hybridized carbons (Fsp3) is 0.417. The van der Waals surface area contributed by atoms with Gasteiger partial charge in [-0.15, -0.1) is 23.2 Å². The summed E-state index contributed by atoms with van der Waals surface area (Å²) in [7, 11) is 0. The largest absolute Gasteiger partial charge is 0.464 e. The number of nitrogens with zero attached hydrogens (tertiary/aromatic N) is 1. The Balaban J connectivity index is 2.21. The lowest BCUT2D eigenvalue weighted by Gasteiger charge is -2.23. The highest BCUT2D eigenvalue weighted by Crippen LogP contribution is 2.16. The molecule has 33 heavy (non-hydrogen) atoms. The molecule has 2 aromatic carbocycles. The number of esters is 1. The second-order valence-electron chi connectivity index (χ2n) is 7.32. The Morgan fingerprint density at radius 1 is 1.09 bits per heavy atom. The highest BCUT2D eigenvalue weighted by Gasteiger charge is 2.25. The van der Waals surface area contributed by atoms with Crippen LogP contribution in [0.2, 0.25) is 4.24 Å². The van der Waals surface area contributed by atoms with Gasteiger partial charge in [0.1, 0.15) is 14.7 Å². The first-order valence-electron chi connectivity index (χ1n) is 12.0. The average Bonchev–Trinajstić information content (AvgIpc) is 2.86. The minimum Gasteiger partial charge on any atom is -0.464 e. The number of hydrogen-bond acceptors (Lipinski definition) is 5. The van der Waals surface area contributed by atoms with Gasteiger partial charge in [0, 0.05) is 37.0 Å². The summed E-state index contributed by atoms with van der Waals surface area (Å²) in [6, 6.07) is 9.89. The molecule has 0 bridgehead atoms. The molecular formula is C24H30Cl2FN3O3. The summed E-state index contributed by atoms with van der Waals surface area (Å²) in [5.41, 5.74) is 2.31. The maximum absolute atomic E-state index is 13.3. The van der Waals surface area contributed by atoms with Crippen LogP contribution in [0.5, 0.6) is 0 Å². The van der Waals surface area contributed by atoms with Crippen molar-refractivity contribution in [3.05, 3.63) is 65.5 Å². The molecule has 0 aromatic heterocycles. The molecule has 0 aliphatic heterocycles. The van der Waals surface area contributed by atoms with Crippen LogP contribution in [0.3, 0.4) is 0 Å². The fourth-order valence-electron chi connectivity index (χ4n) is 3.23. The van der Waals surface area contributed by atoms with Crippen LogP contribution in [0.1, 0.15) is 18.1 Å². The van der Waals surface area contributed by atoms with Gasteiger partial charge in [-0.2, -0.15) is 0 Å². The number of anilines is 1. The number of nitrogens with two attached hydrogens (primary N) is 1. The molecule has 0 radical (unpaired) electrons. The molecule has 0 aliphatic carbocycles. The lowest BCUT2D eigenvalue weighted by molar-refractivity contribution is -0.147. The minimum atomic E-state index is -1.35. The zero-order valence-corrected chi connectivity index (χ0v) is 19.9. The first-order valence-corrected chi connectivity index (χ1v) is 11.7. The Morgan fingerprint density at radius 3 is 2.21 bits per heavy atom. The van der Waals surface area contributed by atoms with Gasteiger partial charge in [0.05, 0.1) is 12.6 Å². The van der Waals surface area contributed by atoms with Crippen LogP contribution < -0.4 is 15.9 Å². The number of nitrogens with one attached hydrogen (secondary N) is 1. The van der Waals surface area contributed by atoms with E-state index in [9.17, 15) is 14.0 Å². The van der Waals surface area contributed by atoms with E-state index >= 15 is 0 Å². The molecular weight excluding hydrogens is 468 g/mol. The second-order valence-corrected chi connectivity index (χ2v) is 8.07. The Bertz CT molecular complexity index is 965. The molecule has 0 spiro atoms. The number of benzene rings is 2. The summed E-state index contributed by atoms with van der Waals surface area (Å²) in [6.07, 6.45) is -0.110. The maximum atomic E-state index is 13.3. The first kappa shape index (κ1) is 22.4. The number of carbonyl (C=O) groups is 2. The van der Waals surface area contributed by atoms with Crippen molar-refractivity contribution in [1.82, 2.24) is 5.31 Å². The average molecular weight is 501 g/mol. The van der Waals surface area contributed by atoms with E-state index in [4.69, 9.17) is 32.2 Å². The third kappa shape index (κ3) is 8.84. The van der Waals surface area contributed by atoms with Gasteiger partial charge in [-0.05, 0) is 48.7 Å². The van der Waals surface area contributed by atoms with Crippen molar-refractivity contribution in [3.8, 4) is 0 Å². The number of halogens is 3. The van der Waals surface area contributed by atoms with Gasteiger partial charge in [0.15, 0.2) is 1.41 Å². The third-order valence-electron chi connectivity index (χ3n) is 4.91. The van der Waals surface area contributed by atoms with Gasteiger partial charge in [-0.25, -0.2) is 9.18 Å². The van der Waals surface area contributed by atoms with Gasteiger partial charge in [-0.1, -0.05) is 24.3 Å². The summed E-state index contributed by atoms with van der Waals surface area (Å²) >= 11 is 11.7. The Labute approximate surface area is 208 Å². The van der Waals surface area contributed by atoms with E-state index in [2.05, 4.69) is 0 Å². The highest BCUT2D eigenvalue weighted by molar-refractivity contribution is 6.18. The Hall–Kier alpha value is -2.35. The van der Waals surface area contributed by atoms with E-state index in [-0.39, 0.29) is 25.2 Å². The van der Waals surface area contributed by atoms with Gasteiger partial charge in [0.2, 0.25) is 5.91 Å². The van der Waals surface area contributed by atoms with Crippen LogP contribution in [0, 0.1) is 5.82 Å². The number of amides is 1. The van der Waals surface area contributed by atoms with Crippen LogP contribution in [-0.2, 0) is 27.2 Å². The molecule has 0 aliphatic rings. The number of alkyl halides is 2. The van der Waals surface area contributed by atoms with Crippen molar-refractivity contribution in [1.29, 1.82) is 0 Å². The van der Waals surface area contributed by atoms with Crippen molar-refractivity contribution in [3.63, 3.8) is 0 Å². The topological polar surface area (TPSA) is 84.7 Å². The molecule has 2 atom stereocenters. The van der Waals surface area contributed by atoms with E-state index in [1.807, 2.05) is 17.0 Å². The standard InChI is InChI=1S/C24H30Cl2FN3O3/c1-2-33-24(32)22(16-18-3-7-19(27)8-4-18)29-23(31)21(28)15-17-5-9-20(10-6-17)30(13-11-25)14-12-26/h3-10,21-22H,2,11-16,28H2,1H3,(H,29,31)/i/hD3. The number of rotatable bonds is 14. The van der Waals surface area contributed by atoms with E-state index in [0.717, 1.165) is 5.69 Å². The van der Waals surface area contributed by atoms with E-state index in [1.165, 1.54) is 24.3 Å². The fourth-order valence-corrected chi connectivity index (χ4v) is 3.64. The first-order chi connectivity index (χ1) is 17.2. The Morgan fingerprint density at radius 2 is 1.67 bits per heavy atom. The Kier molecular flexibility index (Phi) is 9.54. The summed E-state index contributed by atoms with van der Waals surface area (Å²) in [5.74, 6) is -1.30. The second kappa shape index (κ2) is 14.0. The van der Waals surface area contributed by atoms with Crippen LogP contribution in [0.4, 0.5) is 10.1 Å². The smallest absolute Gasteiger partial charge is 0.328 e. The zero-order chi connectivity index (χ0) is 26.7. The molecule has 2 unspecified atom stereocenters. The molecule has 0 saturated heterocycles. The predicted octanol–water partition coefficient (Wildman–Crippen LogP) is 3.27. The van der Waals surface area contributed by atoms with Gasteiger partial charge < -0.3 is 20.7 Å². The van der Waals surface area contributed by atoms with Crippen molar-refractivity contribution in [2.75, 3.05) is 36.4 Å². The lowest BCUT2D eigenvalue weighted by Crippen LogP contribution is -2.50. The number of ether oxygens (including phenoxy) is 1. The van der Waals surface area contributed by atoms with Gasteiger partial charge >= 0.3 is 5.97 Å². The summed E-state index contributed by atoms with van der Waals surface area (Å²) < 4.78 is 42.3. The third-order valence-corrected chi connectivity index (χ3v) is 5.25. The van der Waals surface area contributed by atoms with Crippen molar-refractivity contribution in [2.45, 2.75) is 31.8 Å². The maximum Gasteiger partial charge on any atom is 0.328 e. The van der Waals surface area contributed by atoms with Gasteiger partial charge in [0.25, 0.3) is 0 Å². The SMILES string of the molecule is [2H]N([2H])C(Cc1ccc(N(CCCl)CCCl)cc1)C(=O)N([2H])C(Cc1ccc(F)cc1)C(=O)OCC. The molecule has 3 N–H and O–H groups in total. The van der Waals surface area contributed by atoms with Crippen LogP contribution in [-0.4, -0.2) is 55.4 Å². The van der Waals surface area contributed by atoms with Crippen molar-refractivity contribution < 1.29 is 23.0 Å². The lowest BCUT2D eigenvalue weighted by atomic mass is 10.0. The molecule has 1 amide bonds. The molecule has 2 rings (SSSR count). The van der Waals surface area contributed by atoms with Crippen molar-refractivity contribution in [2.24, 2.45) is 5.72 Å². The number of hydrogen-bond donors (Lipinski definition) is 2. The van der Waals surface area contributed by atoms with Crippen molar-refractivity contribution >= 4 is 40.8 Å². The molecule has 0 fully saturated rings. The molecule has 180 valence electrons. The van der Waals surface area contributed by atoms with Crippen LogP contribution >= 0.6 is 23.2 Å². The van der Waals surface area contributed by atoms with Crippen LogP contribution in [0.25, 0.3) is 0 Å². The normalized spacial score (nSPS) is 14.0. The highest BCUT2D eigenvalue weighted by atomic mass is 35.5.